The minimum Gasteiger partial charge on any atom is -0.481 e. The van der Waals surface area contributed by atoms with Gasteiger partial charge in [-0.15, -0.1) is 0 Å². The third-order valence-electron chi connectivity index (χ3n) is 5.24. The highest BCUT2D eigenvalue weighted by Crippen LogP contribution is 2.24. The molecule has 6 heteroatoms. The molecule has 0 unspecified atom stereocenters. The summed E-state index contributed by atoms with van der Waals surface area (Å²) in [4.78, 5) is 27.7. The van der Waals surface area contributed by atoms with E-state index in [2.05, 4.69) is 31.0 Å². The molecule has 2 aliphatic rings. The van der Waals surface area contributed by atoms with Crippen LogP contribution in [0.1, 0.15) is 52.9 Å². The average Bonchev–Trinajstić information content (AvgIpc) is 2.53. The van der Waals surface area contributed by atoms with E-state index in [4.69, 9.17) is 5.11 Å². The van der Waals surface area contributed by atoms with Gasteiger partial charge in [-0.2, -0.15) is 0 Å². The van der Waals surface area contributed by atoms with Crippen LogP contribution >= 0.6 is 0 Å². The summed E-state index contributed by atoms with van der Waals surface area (Å²) in [7, 11) is 0. The van der Waals surface area contributed by atoms with Crippen molar-refractivity contribution in [3.05, 3.63) is 0 Å². The number of amides is 2. The van der Waals surface area contributed by atoms with E-state index in [1.54, 1.807) is 0 Å². The molecule has 0 spiro atoms. The molecule has 1 heterocycles. The zero-order valence-corrected chi connectivity index (χ0v) is 15.4. The highest BCUT2D eigenvalue weighted by Gasteiger charge is 2.28. The van der Waals surface area contributed by atoms with Crippen LogP contribution in [0.4, 0.5) is 4.79 Å². The molecule has 0 atom stereocenters. The first-order valence-electron chi connectivity index (χ1n) is 9.25. The highest BCUT2D eigenvalue weighted by molar-refractivity contribution is 5.75. The van der Waals surface area contributed by atoms with Gasteiger partial charge in [0.25, 0.3) is 0 Å². The van der Waals surface area contributed by atoms with Crippen molar-refractivity contribution in [3.63, 3.8) is 0 Å². The molecule has 1 aliphatic heterocycles. The summed E-state index contributed by atoms with van der Waals surface area (Å²) in [5.74, 6) is -0.935. The van der Waals surface area contributed by atoms with Gasteiger partial charge < -0.3 is 15.3 Å². The van der Waals surface area contributed by atoms with E-state index in [1.807, 2.05) is 4.90 Å². The van der Waals surface area contributed by atoms with Gasteiger partial charge in [0, 0.05) is 32.2 Å². The SMILES string of the molecule is CC(C)(C)CCN1CCN(C(=O)NC2CCC(C(=O)O)CC2)CC1. The van der Waals surface area contributed by atoms with Gasteiger partial charge in [-0.3, -0.25) is 9.69 Å². The molecule has 0 bridgehead atoms. The molecule has 0 aromatic rings. The molecule has 1 saturated carbocycles. The fraction of sp³-hybridized carbons (Fsp3) is 0.889. The number of carbonyl (C=O) groups is 2. The van der Waals surface area contributed by atoms with E-state index >= 15 is 0 Å². The Labute approximate surface area is 145 Å². The third-order valence-corrected chi connectivity index (χ3v) is 5.24. The minimum absolute atomic E-state index is 0.0178. The molecular formula is C18H33N3O3. The molecule has 6 nitrogen and oxygen atoms in total. The Kier molecular flexibility index (Phi) is 6.49. The minimum atomic E-state index is -0.703. The van der Waals surface area contributed by atoms with Gasteiger partial charge in [-0.25, -0.2) is 4.79 Å². The lowest BCUT2D eigenvalue weighted by molar-refractivity contribution is -0.142. The molecule has 2 amide bonds. The summed E-state index contributed by atoms with van der Waals surface area (Å²) in [6.45, 7) is 11.3. The Balaban J connectivity index is 1.67. The van der Waals surface area contributed by atoms with Crippen LogP contribution in [-0.2, 0) is 4.79 Å². The summed E-state index contributed by atoms with van der Waals surface area (Å²) in [5, 5.41) is 12.1. The maximum absolute atomic E-state index is 12.4. The standard InChI is InChI=1S/C18H33N3O3/c1-18(2,3)8-9-20-10-12-21(13-11-20)17(24)19-15-6-4-14(5-7-15)16(22)23/h14-15H,4-13H2,1-3H3,(H,19,24)(H,22,23). The number of aliphatic carboxylic acids is 1. The zero-order valence-electron chi connectivity index (χ0n) is 15.4. The summed E-state index contributed by atoms with van der Waals surface area (Å²) < 4.78 is 0. The predicted molar refractivity (Wildman–Crippen MR) is 94.0 cm³/mol. The lowest BCUT2D eigenvalue weighted by Crippen LogP contribution is -2.54. The lowest BCUT2D eigenvalue weighted by Gasteiger charge is -2.37. The number of urea groups is 1. The van der Waals surface area contributed by atoms with Crippen molar-refractivity contribution in [2.45, 2.75) is 58.9 Å². The number of carboxylic acids is 1. The number of hydrogen-bond donors (Lipinski definition) is 2. The quantitative estimate of drug-likeness (QED) is 0.825. The van der Waals surface area contributed by atoms with Crippen molar-refractivity contribution in [2.24, 2.45) is 11.3 Å². The van der Waals surface area contributed by atoms with E-state index in [-0.39, 0.29) is 18.0 Å². The van der Waals surface area contributed by atoms with Gasteiger partial charge in [0.2, 0.25) is 0 Å². The summed E-state index contributed by atoms with van der Waals surface area (Å²) >= 11 is 0. The fourth-order valence-electron chi connectivity index (χ4n) is 3.42. The molecule has 0 aromatic heterocycles. The van der Waals surface area contributed by atoms with E-state index in [9.17, 15) is 9.59 Å². The van der Waals surface area contributed by atoms with Gasteiger partial charge in [-0.1, -0.05) is 20.8 Å². The second kappa shape index (κ2) is 8.19. The van der Waals surface area contributed by atoms with Gasteiger partial charge in [-0.05, 0) is 44.1 Å². The predicted octanol–water partition coefficient (Wildman–Crippen LogP) is 2.39. The summed E-state index contributed by atoms with van der Waals surface area (Å²) in [6, 6.07) is 0.149. The third kappa shape index (κ3) is 5.96. The topological polar surface area (TPSA) is 72.9 Å². The van der Waals surface area contributed by atoms with Crippen LogP contribution in [0.15, 0.2) is 0 Å². The van der Waals surface area contributed by atoms with Crippen LogP contribution in [0, 0.1) is 11.3 Å². The van der Waals surface area contributed by atoms with E-state index in [0.29, 0.717) is 18.3 Å². The Bertz CT molecular complexity index is 431. The Morgan fingerprint density at radius 2 is 1.62 bits per heavy atom. The Morgan fingerprint density at radius 3 is 2.12 bits per heavy atom. The number of nitrogens with zero attached hydrogens (tertiary/aromatic N) is 2. The molecule has 0 radical (unpaired) electrons. The van der Waals surface area contributed by atoms with Gasteiger partial charge in [0.15, 0.2) is 0 Å². The zero-order chi connectivity index (χ0) is 17.7. The van der Waals surface area contributed by atoms with Crippen molar-refractivity contribution in [1.82, 2.24) is 15.1 Å². The normalized spacial score (nSPS) is 26.2. The fourth-order valence-corrected chi connectivity index (χ4v) is 3.42. The molecule has 2 N–H and O–H groups in total. The van der Waals surface area contributed by atoms with Crippen LogP contribution < -0.4 is 5.32 Å². The number of nitrogens with one attached hydrogen (secondary N) is 1. The maximum atomic E-state index is 12.4. The highest BCUT2D eigenvalue weighted by atomic mass is 16.4. The molecule has 2 fully saturated rings. The number of carboxylic acid groups (broad SMARTS) is 1. The molecule has 1 saturated heterocycles. The molecule has 138 valence electrons. The van der Waals surface area contributed by atoms with Crippen molar-refractivity contribution in [2.75, 3.05) is 32.7 Å². The summed E-state index contributed by atoms with van der Waals surface area (Å²) in [5.41, 5.74) is 0.350. The first-order valence-corrected chi connectivity index (χ1v) is 9.25. The first-order chi connectivity index (χ1) is 11.2. The smallest absolute Gasteiger partial charge is 0.317 e. The van der Waals surface area contributed by atoms with Crippen molar-refractivity contribution in [1.29, 1.82) is 0 Å². The molecule has 1 aliphatic carbocycles. The van der Waals surface area contributed by atoms with Crippen molar-refractivity contribution in [3.8, 4) is 0 Å². The van der Waals surface area contributed by atoms with Crippen LogP contribution in [0.3, 0.4) is 0 Å². The van der Waals surface area contributed by atoms with Crippen molar-refractivity contribution < 1.29 is 14.7 Å². The van der Waals surface area contributed by atoms with Crippen LogP contribution in [0.2, 0.25) is 0 Å². The first kappa shape index (κ1) is 19.0. The van der Waals surface area contributed by atoms with Gasteiger partial charge >= 0.3 is 12.0 Å². The maximum Gasteiger partial charge on any atom is 0.317 e. The number of carbonyl (C=O) groups excluding carboxylic acids is 1. The molecular weight excluding hydrogens is 306 g/mol. The van der Waals surface area contributed by atoms with E-state index in [0.717, 1.165) is 45.6 Å². The molecule has 0 aromatic carbocycles. The summed E-state index contributed by atoms with van der Waals surface area (Å²) in [6.07, 6.45) is 4.05. The van der Waals surface area contributed by atoms with Crippen LogP contribution in [0.5, 0.6) is 0 Å². The average molecular weight is 339 g/mol. The van der Waals surface area contributed by atoms with E-state index < -0.39 is 5.97 Å². The van der Waals surface area contributed by atoms with Crippen LogP contribution in [0.25, 0.3) is 0 Å². The number of piperazine rings is 1. The lowest BCUT2D eigenvalue weighted by atomic mass is 9.86. The van der Waals surface area contributed by atoms with E-state index in [1.165, 1.54) is 6.42 Å². The second-order valence-electron chi connectivity index (χ2n) is 8.48. The number of hydrogen-bond acceptors (Lipinski definition) is 3. The van der Waals surface area contributed by atoms with Gasteiger partial charge in [0.1, 0.15) is 0 Å². The monoisotopic (exact) mass is 339 g/mol. The Morgan fingerprint density at radius 1 is 1.04 bits per heavy atom. The largest absolute Gasteiger partial charge is 0.481 e. The van der Waals surface area contributed by atoms with Crippen molar-refractivity contribution >= 4 is 12.0 Å². The Hall–Kier alpha value is -1.30. The number of rotatable bonds is 4. The molecule has 24 heavy (non-hydrogen) atoms. The van der Waals surface area contributed by atoms with Crippen LogP contribution in [-0.4, -0.2) is 65.7 Å². The van der Waals surface area contributed by atoms with Gasteiger partial charge in [0.05, 0.1) is 5.92 Å². The second-order valence-corrected chi connectivity index (χ2v) is 8.48. The molecule has 2 rings (SSSR count).